The summed E-state index contributed by atoms with van der Waals surface area (Å²) >= 11 is 1.50. The van der Waals surface area contributed by atoms with Crippen LogP contribution in [0.5, 0.6) is 0 Å². The van der Waals surface area contributed by atoms with E-state index in [1.807, 2.05) is 198 Å². The van der Waals surface area contributed by atoms with Crippen LogP contribution in [0, 0.1) is 93.2 Å². The van der Waals surface area contributed by atoms with E-state index in [4.69, 9.17) is 6.58 Å². The van der Waals surface area contributed by atoms with Gasteiger partial charge in [0.25, 0.3) is 0 Å². The molecular formula is C63H117N5W2Y7-8. The number of aryl methyl sites for hydroxylation is 5. The summed E-state index contributed by atoms with van der Waals surface area (Å²) in [5, 5.41) is 0. The first-order chi connectivity index (χ1) is 29.6. The van der Waals surface area contributed by atoms with Crippen molar-refractivity contribution in [1.82, 2.24) is 24.9 Å². The van der Waals surface area contributed by atoms with E-state index < -0.39 is 0 Å². The van der Waals surface area contributed by atoms with Gasteiger partial charge < -0.3 is 52.0 Å². The molecule has 0 saturated heterocycles. The molecule has 4 heterocycles. The summed E-state index contributed by atoms with van der Waals surface area (Å²) in [6.45, 7) is 47.4. The van der Waals surface area contributed by atoms with E-state index in [0.29, 0.717) is 0 Å². The molecule has 6 rings (SSSR count). The zero-order valence-corrected chi connectivity index (χ0v) is 80.2. The van der Waals surface area contributed by atoms with Gasteiger partial charge in [-0.15, -0.1) is 0 Å². The summed E-state index contributed by atoms with van der Waals surface area (Å²) in [7, 11) is 0. The number of pyridine rings is 3. The Morgan fingerprint density at radius 1 is 0.468 bits per heavy atom. The van der Waals surface area contributed by atoms with Gasteiger partial charge in [-0.3, -0.25) is 15.0 Å². The third-order valence-electron chi connectivity index (χ3n) is 5.46. The second-order valence-electron chi connectivity index (χ2n) is 10.5. The van der Waals surface area contributed by atoms with E-state index in [0.717, 1.165) is 23.3 Å². The maximum Gasteiger partial charge on any atom is 0 e. The van der Waals surface area contributed by atoms with Crippen molar-refractivity contribution in [3.05, 3.63) is 238 Å². The molecule has 0 bridgehead atoms. The number of hydrogen-bond acceptors (Lipinski definition) is 5. The number of hydrogen-bond donors (Lipinski definition) is 0. The van der Waals surface area contributed by atoms with Crippen LogP contribution in [0.2, 0.25) is 0 Å². The van der Waals surface area contributed by atoms with Crippen molar-refractivity contribution in [2.45, 2.75) is 166 Å². The monoisotopic (exact) mass is 1930 g/mol. The minimum atomic E-state index is 0. The first kappa shape index (κ1) is 160. The molecule has 77 heavy (non-hydrogen) atoms. The molecule has 0 amide bonds. The fourth-order valence-electron chi connectivity index (χ4n) is 2.92. The topological polar surface area (TPSA) is 64.5 Å². The number of nitrogens with zero attached hydrogens (tertiary/aromatic N) is 5. The number of allylic oxidation sites excluding steroid dienone is 5. The van der Waals surface area contributed by atoms with Crippen LogP contribution in [0.4, 0.5) is 0 Å². The van der Waals surface area contributed by atoms with E-state index in [1.165, 1.54) is 54.4 Å². The maximum absolute atomic E-state index is 5.30. The zero-order valence-electron chi connectivity index (χ0n) is 54.4. The zero-order chi connectivity index (χ0) is 49.0. The van der Waals surface area contributed by atoms with Gasteiger partial charge in [0.15, 0.2) is 0 Å². The Hall–Kier alpha value is 3.94. The van der Waals surface area contributed by atoms with E-state index >= 15 is 0 Å². The van der Waals surface area contributed by atoms with E-state index in [-0.39, 0.29) is 309 Å². The van der Waals surface area contributed by atoms with Gasteiger partial charge >= 0.3 is 49.3 Å². The Labute approximate surface area is 690 Å². The van der Waals surface area contributed by atoms with Crippen molar-refractivity contribution in [1.29, 1.82) is 0 Å². The molecule has 0 spiro atoms. The molecule has 1 aliphatic rings. The van der Waals surface area contributed by atoms with Crippen LogP contribution >= 0.6 is 0 Å². The second kappa shape index (κ2) is 159. The van der Waals surface area contributed by atoms with Crippen LogP contribution in [0.25, 0.3) is 0 Å². The first-order valence-electron chi connectivity index (χ1n) is 22.3. The van der Waals surface area contributed by atoms with Gasteiger partial charge in [-0.05, 0) is 95.0 Å². The molecule has 5 nitrogen and oxygen atoms in total. The Kier molecular flexibility index (Phi) is 330. The summed E-state index contributed by atoms with van der Waals surface area (Å²) in [6, 6.07) is 24.0. The average Bonchev–Trinajstić information content (AvgIpc) is 3.82. The van der Waals surface area contributed by atoms with Gasteiger partial charge in [-0.2, -0.15) is 0 Å². The third kappa shape index (κ3) is 167. The van der Waals surface area contributed by atoms with Crippen molar-refractivity contribution in [3.63, 3.8) is 0 Å². The van der Waals surface area contributed by atoms with Gasteiger partial charge in [0.1, 0.15) is 6.33 Å². The second-order valence-corrected chi connectivity index (χ2v) is 11.7. The Morgan fingerprint density at radius 3 is 0.974 bits per heavy atom. The molecule has 0 unspecified atom stereocenters. The predicted octanol–water partition coefficient (Wildman–Crippen LogP) is 20.9. The third-order valence-corrected chi connectivity index (χ3v) is 6.06. The van der Waals surface area contributed by atoms with Crippen molar-refractivity contribution >= 4 is 4.40 Å². The first-order valence-corrected chi connectivity index (χ1v) is 24.0. The minimum absolute atomic E-state index is 0. The van der Waals surface area contributed by atoms with Gasteiger partial charge in [-0.1, -0.05) is 176 Å². The maximum atomic E-state index is 5.30. The normalized spacial score (nSPS) is 6.53. The van der Waals surface area contributed by atoms with Gasteiger partial charge in [-0.25, -0.2) is 9.97 Å². The molecule has 0 fully saturated rings. The molecule has 14 heteroatoms. The molecule has 4 aromatic heterocycles. The number of benzene rings is 1. The largest absolute Gasteiger partial charge is 0.358 e. The quantitative estimate of drug-likeness (QED) is 0.165. The summed E-state index contributed by atoms with van der Waals surface area (Å²) in [5.74, 6) is 0. The summed E-state index contributed by atoms with van der Waals surface area (Å²) in [4.78, 5) is 19.3. The SMILES string of the molecule is C.CC.CC.CC.CC.CC.CC.CC.CC1=CC=CC1.Cc1ccccc1.Cc1ccccn1.Cc1cccnc1.Cc1ccncc1.Cc1cncnc1.[CH-]=C(C)C[CH]=[W].[CH3-].[CH3-].[CH3-].[CH3-].[CH3-].[CH3-].[CH3-].[W].[Y].[Y].[Y].[Y].[Y].[Y].[Y]. The van der Waals surface area contributed by atoms with E-state index in [1.54, 1.807) is 37.2 Å². The average molecular weight is 1930 g/mol. The van der Waals surface area contributed by atoms with Crippen LogP contribution < -0.4 is 0 Å². The Bertz CT molecular complexity index is 1320. The minimum Gasteiger partial charge on any atom is -0.358 e. The number of rotatable bonds is 2. The standard InChI is InChI=1S/C7H8.3C6H7N.C6H8.C5H6N2.C5H7.7C2H6.CH4.7CH3.2W.7Y/c1-7-5-3-2-4-6-7;1-6-2-4-7-5-3-6;1-6-3-2-4-7-5-6;1-6-4-2-3-5-7-6;1-6-4-2-3-5-6;1-5-2-6-4-7-3-5;1-4-5(2)3;7*1-2;;;;;;;;;;;;;;;;;/h2-6H,1H3;3*2-5H,1H3;2-4H,5H2,1H3;2-4H,1H3;1-2H,4H2,3H3;7*1-2H3;1H4;7*1H3;;;;;;;;;/q;;;;;;-1;;;;;;;;;7*-1;;;;;;;;;. The van der Waals surface area contributed by atoms with Gasteiger partial charge in [0, 0.05) is 299 Å². The molecule has 5 aromatic rings. The summed E-state index contributed by atoms with van der Waals surface area (Å²) < 4.78 is 2.12. The van der Waals surface area contributed by atoms with Crippen LogP contribution in [0.15, 0.2) is 152 Å². The summed E-state index contributed by atoms with van der Waals surface area (Å²) in [6.07, 6.45) is 22.6. The van der Waals surface area contributed by atoms with E-state index in [9.17, 15) is 0 Å². The van der Waals surface area contributed by atoms with Crippen molar-refractivity contribution < 1.29 is 269 Å². The smallest absolute Gasteiger partial charge is 0 e. The summed E-state index contributed by atoms with van der Waals surface area (Å²) in [5.41, 5.74) is 8.44. The van der Waals surface area contributed by atoms with Crippen molar-refractivity contribution in [3.8, 4) is 0 Å². The van der Waals surface area contributed by atoms with Crippen LogP contribution in [-0.4, -0.2) is 29.3 Å². The molecule has 0 N–H and O–H groups in total. The van der Waals surface area contributed by atoms with Gasteiger partial charge in [0.2, 0.25) is 0 Å². The predicted molar refractivity (Wildman–Crippen MR) is 328 cm³/mol. The molecular weight excluding hydrogens is 1820 g/mol. The molecule has 7 radical (unpaired) electrons. The van der Waals surface area contributed by atoms with Crippen LogP contribution in [0.3, 0.4) is 0 Å². The molecule has 0 saturated carbocycles. The van der Waals surface area contributed by atoms with Crippen LogP contribution in [-0.2, 0) is 269 Å². The molecule has 1 aliphatic carbocycles. The van der Waals surface area contributed by atoms with Crippen molar-refractivity contribution in [2.24, 2.45) is 0 Å². The van der Waals surface area contributed by atoms with Crippen LogP contribution in [0.1, 0.15) is 159 Å². The number of aromatic nitrogens is 5. The fourth-order valence-corrected chi connectivity index (χ4v) is 3.86. The fraction of sp³-hybridized carbons (Fsp3) is 0.381. The van der Waals surface area contributed by atoms with E-state index in [2.05, 4.69) is 73.5 Å². The molecule has 0 aliphatic heterocycles. The molecule has 435 valence electrons. The molecule has 1 aromatic carbocycles. The Morgan fingerprint density at radius 2 is 0.831 bits per heavy atom. The Balaban J connectivity index is -0.0000000180. The van der Waals surface area contributed by atoms with Gasteiger partial charge in [0.05, 0.1) is 0 Å². The molecule has 0 atom stereocenters. The van der Waals surface area contributed by atoms with Crippen molar-refractivity contribution in [2.75, 3.05) is 0 Å².